The molecule has 0 amide bonds. The molecule has 16 heterocycles. The monoisotopic (exact) mass is 2130 g/mol. The highest BCUT2D eigenvalue weighted by Crippen LogP contribution is 2.39. The van der Waals surface area contributed by atoms with Crippen LogP contribution in [-0.2, 0) is 205 Å². The third-order valence-electron chi connectivity index (χ3n) is 23.3. The lowest BCUT2D eigenvalue weighted by Crippen LogP contribution is -2.35. The fourth-order valence-corrected chi connectivity index (χ4v) is 16.6. The third kappa shape index (κ3) is 37.7. The molecule has 150 heavy (non-hydrogen) atoms. The number of aliphatic hydroxyl groups excluding tert-OH is 6. The first-order chi connectivity index (χ1) is 71.2. The molecule has 16 rings (SSSR count). The van der Waals surface area contributed by atoms with Crippen LogP contribution in [0.25, 0.3) is 0 Å². The summed E-state index contributed by atoms with van der Waals surface area (Å²) in [7, 11) is 0. The fraction of sp³-hybridized carbons (Fsp3) is 0.552. The zero-order valence-corrected chi connectivity index (χ0v) is 80.9. The molecule has 0 aromatic rings. The molecular formula is C96H116O54. The Morgan fingerprint density at radius 3 is 0.473 bits per heavy atom. The van der Waals surface area contributed by atoms with E-state index in [2.05, 4.69) is 19.7 Å². The number of aliphatic hydroxyl groups is 6. The Balaban J connectivity index is 0.000000191. The topological polar surface area (TPSA) is 753 Å². The molecule has 0 spiro atoms. The standard InChI is InChI=1S/2C15H16O9.6C11H14O6/c2*1-8(16)2-4-12(19)23-9-6-21-15-10(7-22-14(9)15)24-13(20)5-3-11(17)18;3*1-6-4-15-11-7(5-16-10(6)11)17-9(14)3-2-8(12)13;3*1-6(12)2-3-9(14)17-8-5-16-10-7(13)4-15-11(8)10/h2-5,9-10,14-15H,6-7H2,1H3,(H,17,18);2-5,9-10,14-16H,1,6-7H2,(H,17,18);3*2-3,6-7,10-11H,4-5H2,1H3,(H,12,13);2-3,7-8,10-11,13H,4-5H2,1H3;2*2-3,7-8,10-13H,1,4-5H2/b4-2+,5-3+;4-2-,5-3-;3-2+;2*3-2-;3-2+;2*3-2-/t9-,10-,14-,15-;9-,10-,14+,15+;6-,7-,10-,11-;6-,7-,10+,11+;6-,7-,10-,11-;7-,8-,10-,11-;7-,8-,10+,11+;7-,8-,10-,11-/m10101101/s1. The normalized spacial score (nSPS) is 33.8. The summed E-state index contributed by atoms with van der Waals surface area (Å²) in [5.74, 6) is -13.5. The highest BCUT2D eigenvalue weighted by molar-refractivity contribution is 5.96. The van der Waals surface area contributed by atoms with Crippen LogP contribution in [0.2, 0.25) is 0 Å². The summed E-state index contributed by atoms with van der Waals surface area (Å²) in [6, 6.07) is 0. The number of hydrogen-bond donors (Lipinski definition) is 11. The Labute approximate surface area is 852 Å². The van der Waals surface area contributed by atoms with E-state index in [1.807, 2.05) is 20.8 Å². The van der Waals surface area contributed by atoms with Crippen molar-refractivity contribution >= 4 is 101 Å². The van der Waals surface area contributed by atoms with Crippen molar-refractivity contribution in [3.63, 3.8) is 0 Å². The van der Waals surface area contributed by atoms with Crippen molar-refractivity contribution in [1.82, 2.24) is 0 Å². The first-order valence-electron chi connectivity index (χ1n) is 46.3. The van der Waals surface area contributed by atoms with Crippen molar-refractivity contribution in [1.29, 1.82) is 0 Å². The predicted octanol–water partition coefficient (Wildman–Crippen LogP) is -2.24. The van der Waals surface area contributed by atoms with E-state index in [-0.39, 0.29) is 132 Å². The summed E-state index contributed by atoms with van der Waals surface area (Å²) in [4.78, 5) is 187. The molecule has 16 fully saturated rings. The van der Waals surface area contributed by atoms with Crippen LogP contribution in [0.4, 0.5) is 0 Å². The molecule has 824 valence electrons. The van der Waals surface area contributed by atoms with Gasteiger partial charge >= 0.3 is 89.5 Å². The van der Waals surface area contributed by atoms with E-state index in [0.29, 0.717) is 69.5 Å². The Morgan fingerprint density at radius 2 is 0.313 bits per heavy atom. The van der Waals surface area contributed by atoms with Crippen LogP contribution >= 0.6 is 0 Å². The van der Waals surface area contributed by atoms with Crippen molar-refractivity contribution < 1.29 is 261 Å². The van der Waals surface area contributed by atoms with E-state index in [9.17, 15) is 96.8 Å². The summed E-state index contributed by atoms with van der Waals surface area (Å²) in [6.45, 7) is 22.3. The van der Waals surface area contributed by atoms with Gasteiger partial charge in [0.05, 0.1) is 124 Å². The minimum Gasteiger partial charge on any atom is -0.509 e. The Morgan fingerprint density at radius 1 is 0.187 bits per heavy atom. The molecule has 16 saturated heterocycles. The van der Waals surface area contributed by atoms with Gasteiger partial charge in [0, 0.05) is 109 Å². The van der Waals surface area contributed by atoms with E-state index in [4.69, 9.17) is 164 Å². The quantitative estimate of drug-likeness (QED) is 0.0119. The number of allylic oxidation sites excluding steroid dienone is 5. The fourth-order valence-electron chi connectivity index (χ4n) is 16.6. The number of carbonyl (C=O) groups is 17. The van der Waals surface area contributed by atoms with Crippen LogP contribution in [0, 0.1) is 17.8 Å². The van der Waals surface area contributed by atoms with Crippen LogP contribution in [-0.4, -0.2) is 440 Å². The van der Waals surface area contributed by atoms with Crippen molar-refractivity contribution in [2.24, 2.45) is 17.8 Å². The summed E-state index contributed by atoms with van der Waals surface area (Å²) >= 11 is 0. The molecule has 16 aliphatic rings. The molecule has 0 saturated carbocycles. The lowest BCUT2D eigenvalue weighted by atomic mass is 10.0. The average Bonchev–Trinajstić information content (AvgIpc) is 1.67. The Bertz CT molecular complexity index is 4380. The molecule has 0 bridgehead atoms. The van der Waals surface area contributed by atoms with Crippen LogP contribution in [0.5, 0.6) is 0 Å². The maximum Gasteiger partial charge on any atom is 0.331 e. The van der Waals surface area contributed by atoms with Gasteiger partial charge in [-0.25, -0.2) is 71.9 Å². The van der Waals surface area contributed by atoms with Gasteiger partial charge in [0.1, 0.15) is 115 Å². The maximum atomic E-state index is 11.6. The highest BCUT2D eigenvalue weighted by atomic mass is 16.7. The minimum atomic E-state index is -1.27. The van der Waals surface area contributed by atoms with Gasteiger partial charge in [-0.15, -0.1) is 0 Å². The second-order valence-electron chi connectivity index (χ2n) is 34.9. The van der Waals surface area contributed by atoms with Gasteiger partial charge in [0.25, 0.3) is 0 Å². The largest absolute Gasteiger partial charge is 0.509 e. The number of carboxylic acids is 5. The van der Waals surface area contributed by atoms with Crippen molar-refractivity contribution in [3.8, 4) is 0 Å². The smallest absolute Gasteiger partial charge is 0.331 e. The van der Waals surface area contributed by atoms with Crippen LogP contribution < -0.4 is 0 Å². The summed E-state index contributed by atoms with van der Waals surface area (Å²) in [6.07, 6.45) is 5.14. The molecule has 0 radical (unpaired) electrons. The number of ether oxygens (including phenoxy) is 26. The highest BCUT2D eigenvalue weighted by Gasteiger charge is 2.57. The van der Waals surface area contributed by atoms with Crippen LogP contribution in [0.1, 0.15) is 34.6 Å². The minimum absolute atomic E-state index is 0.0312. The SMILES string of the molecule is C=C(O)/C=C\C(=O)O[C@@H]1CO[C@H]2[C@@H]1OC[C@H]2O.C=C(O)/C=C\C(=O)O[C@H]1CO[C@H]2[C@@H]1OC[C@@H]2O.C=C(O)/C=C\C(=O)O[C@H]1CO[C@H]2[C@@H]1OC[C@@H]2OC(=O)/C=C\C(=O)O.CC(=O)/C=C/C(=O)O[C@@H]1CO[C@H]2[C@@H]1OC[C@H]2O.CC(=O)/C=C/C(=O)O[C@@H]1CO[C@H]2[C@@H]1OC[C@H]2OC(=O)/C=C/C(=O)O.C[C@@H]1CO[C@H]2[C@@H]1OC[C@H]2OC(=O)/C=C/C(=O)O.C[C@@H]1CO[C@H]2[C@@H]1OC[C@H]2OC(=O)/C=C\C(=O)O.C[C@H]1CO[C@H]2[C@@H]1OC[C@@H]2OC(=O)/C=C\C(=O)O. The molecule has 0 aromatic heterocycles. The van der Waals surface area contributed by atoms with Crippen molar-refractivity contribution in [2.75, 3.05) is 106 Å². The zero-order chi connectivity index (χ0) is 110. The maximum absolute atomic E-state index is 11.6. The van der Waals surface area contributed by atoms with E-state index < -0.39 is 230 Å². The summed E-state index contributed by atoms with van der Waals surface area (Å²) in [5, 5.41) is 96.9. The van der Waals surface area contributed by atoms with Crippen LogP contribution in [0.15, 0.2) is 159 Å². The van der Waals surface area contributed by atoms with E-state index >= 15 is 0 Å². The first-order valence-corrected chi connectivity index (χ1v) is 46.3. The Hall–Kier alpha value is -13.3. The number of carboxylic acid groups (broad SMARTS) is 5. The summed E-state index contributed by atoms with van der Waals surface area (Å²) in [5.41, 5.74) is 0. The van der Waals surface area contributed by atoms with Gasteiger partial charge in [-0.2, -0.15) is 0 Å². The molecule has 0 aliphatic carbocycles. The van der Waals surface area contributed by atoms with Crippen LogP contribution in [0.3, 0.4) is 0 Å². The summed E-state index contributed by atoms with van der Waals surface area (Å²) < 4.78 is 137. The van der Waals surface area contributed by atoms with Gasteiger partial charge in [-0.05, 0) is 44.2 Å². The van der Waals surface area contributed by atoms with Gasteiger partial charge in [-0.1, -0.05) is 40.5 Å². The number of aliphatic carboxylic acids is 5. The van der Waals surface area contributed by atoms with E-state index in [1.165, 1.54) is 13.8 Å². The molecular weight excluding hydrogens is 2020 g/mol. The van der Waals surface area contributed by atoms with Crippen molar-refractivity contribution in [2.45, 2.75) is 212 Å². The number of ketones is 2. The number of carbonyl (C=O) groups excluding carboxylic acids is 12. The number of rotatable bonds is 30. The first kappa shape index (κ1) is 120. The molecule has 11 N–H and O–H groups in total. The zero-order valence-electron chi connectivity index (χ0n) is 80.9. The number of fused-ring (bicyclic) bond motifs is 8. The average molecular weight is 2130 g/mol. The molecule has 32 atom stereocenters. The van der Waals surface area contributed by atoms with E-state index in [0.717, 1.165) is 109 Å². The number of esters is 10. The van der Waals surface area contributed by atoms with Gasteiger partial charge in [0.15, 0.2) is 72.6 Å². The lowest BCUT2D eigenvalue weighted by Gasteiger charge is -2.16. The Kier molecular flexibility index (Phi) is 47.0. The second kappa shape index (κ2) is 58.7. The van der Waals surface area contributed by atoms with Gasteiger partial charge < -0.3 is 179 Å². The molecule has 16 aliphatic heterocycles. The van der Waals surface area contributed by atoms with Gasteiger partial charge in [0.2, 0.25) is 0 Å². The molecule has 54 heteroatoms. The predicted molar refractivity (Wildman–Crippen MR) is 486 cm³/mol. The molecule has 0 aromatic carbocycles. The lowest BCUT2D eigenvalue weighted by molar-refractivity contribution is -0.150. The second-order valence-corrected chi connectivity index (χ2v) is 34.9. The molecule has 54 nitrogen and oxygen atoms in total. The third-order valence-corrected chi connectivity index (χ3v) is 23.3. The molecule has 0 unspecified atom stereocenters. The van der Waals surface area contributed by atoms with Crippen molar-refractivity contribution in [3.05, 3.63) is 159 Å². The number of hydrogen-bond acceptors (Lipinski definition) is 49. The van der Waals surface area contributed by atoms with E-state index in [1.54, 1.807) is 0 Å². The van der Waals surface area contributed by atoms with Gasteiger partial charge in [-0.3, -0.25) is 9.59 Å².